The maximum atomic E-state index is 13.7. The molecule has 29 heavy (non-hydrogen) atoms. The molecule has 2 heterocycles. The molecule has 9 heteroatoms. The van der Waals surface area contributed by atoms with Crippen molar-refractivity contribution < 1.29 is 28.1 Å². The van der Waals surface area contributed by atoms with E-state index in [0.29, 0.717) is 22.5 Å². The molecule has 7 nitrogen and oxygen atoms in total. The number of halogens is 1. The molecule has 0 fully saturated rings. The van der Waals surface area contributed by atoms with Gasteiger partial charge in [-0.3, -0.25) is 4.57 Å². The summed E-state index contributed by atoms with van der Waals surface area (Å²) >= 11 is 5.42. The monoisotopic (exact) mass is 420 g/mol. The number of nitrogens with zero attached hydrogens (tertiary/aromatic N) is 1. The van der Waals surface area contributed by atoms with E-state index in [-0.39, 0.29) is 10.4 Å². The molecule has 3 N–H and O–H groups in total. The third-order valence-electron chi connectivity index (χ3n) is 5.32. The second-order valence-corrected chi connectivity index (χ2v) is 7.48. The fourth-order valence-electron chi connectivity index (χ4n) is 3.98. The lowest BCUT2D eigenvalue weighted by Crippen LogP contribution is -2.60. The number of hydrogen-bond acceptors (Lipinski definition) is 7. The van der Waals surface area contributed by atoms with Crippen LogP contribution in [0.15, 0.2) is 40.8 Å². The fourth-order valence-corrected chi connectivity index (χ4v) is 4.28. The molecule has 1 aliphatic rings. The molecular formula is C20H21FN2O5S. The zero-order valence-corrected chi connectivity index (χ0v) is 16.9. The Morgan fingerprint density at radius 2 is 1.97 bits per heavy atom. The zero-order valence-electron chi connectivity index (χ0n) is 16.1. The van der Waals surface area contributed by atoms with Gasteiger partial charge in [-0.2, -0.15) is 0 Å². The third kappa shape index (κ3) is 3.01. The molecule has 2 aromatic carbocycles. The molecule has 0 saturated heterocycles. The van der Waals surface area contributed by atoms with Gasteiger partial charge in [0.2, 0.25) is 0 Å². The van der Waals surface area contributed by atoms with Crippen LogP contribution >= 0.6 is 12.2 Å². The van der Waals surface area contributed by atoms with Crippen molar-refractivity contribution >= 4 is 29.0 Å². The Labute approximate surface area is 171 Å². The average molecular weight is 420 g/mol. The summed E-state index contributed by atoms with van der Waals surface area (Å²) in [4.78, 5) is 0.0821. The van der Waals surface area contributed by atoms with Gasteiger partial charge < -0.3 is 29.5 Å². The van der Waals surface area contributed by atoms with Crippen LogP contribution in [0, 0.1) is 10.7 Å². The van der Waals surface area contributed by atoms with Gasteiger partial charge in [-0.05, 0) is 49.5 Å². The number of aliphatic hydroxyl groups is 1. The summed E-state index contributed by atoms with van der Waals surface area (Å²) in [7, 11) is 2.93. The van der Waals surface area contributed by atoms with Crippen LogP contribution in [0.1, 0.15) is 18.5 Å². The first kappa shape index (κ1) is 19.8. The van der Waals surface area contributed by atoms with Gasteiger partial charge in [-0.1, -0.05) is 0 Å². The molecule has 0 radical (unpaired) electrons. The minimum atomic E-state index is -1.28. The molecule has 3 aromatic rings. The molecule has 3 atom stereocenters. The number of hydrogen-bond donors (Lipinski definition) is 2. The van der Waals surface area contributed by atoms with Crippen molar-refractivity contribution in [2.75, 3.05) is 20.0 Å². The summed E-state index contributed by atoms with van der Waals surface area (Å²) in [5.41, 5.74) is 6.63. The number of nitrogen functional groups attached to an aromatic ring is 1. The lowest BCUT2D eigenvalue weighted by Gasteiger charge is -2.46. The van der Waals surface area contributed by atoms with E-state index in [0.717, 1.165) is 0 Å². The Kier molecular flexibility index (Phi) is 4.86. The fraction of sp³-hybridized carbons (Fsp3) is 0.350. The summed E-state index contributed by atoms with van der Waals surface area (Å²) in [6, 6.07) is 8.50. The maximum Gasteiger partial charge on any atom is 0.270 e. The molecule has 1 aliphatic heterocycles. The van der Waals surface area contributed by atoms with E-state index in [1.54, 1.807) is 35.8 Å². The Bertz CT molecular complexity index is 1130. The molecule has 0 unspecified atom stereocenters. The van der Waals surface area contributed by atoms with Crippen LogP contribution in [0.4, 0.5) is 10.1 Å². The largest absolute Gasteiger partial charge is 0.479 e. The first-order valence-corrected chi connectivity index (χ1v) is 9.33. The van der Waals surface area contributed by atoms with Crippen LogP contribution in [0.3, 0.4) is 0 Å². The Hall–Kier alpha value is -2.46. The number of fused-ring (bicyclic) bond motifs is 2. The molecule has 0 amide bonds. The van der Waals surface area contributed by atoms with E-state index in [2.05, 4.69) is 0 Å². The van der Waals surface area contributed by atoms with E-state index < -0.39 is 29.9 Å². The van der Waals surface area contributed by atoms with Crippen molar-refractivity contribution in [3.05, 3.63) is 52.6 Å². The van der Waals surface area contributed by atoms with E-state index in [4.69, 9.17) is 36.6 Å². The van der Waals surface area contributed by atoms with Crippen LogP contribution in [-0.4, -0.2) is 41.9 Å². The number of benzene rings is 2. The van der Waals surface area contributed by atoms with Crippen molar-refractivity contribution in [2.45, 2.75) is 31.0 Å². The predicted octanol–water partition coefficient (Wildman–Crippen LogP) is 3.41. The van der Waals surface area contributed by atoms with Crippen molar-refractivity contribution in [3.8, 4) is 5.75 Å². The molecule has 0 spiro atoms. The zero-order chi connectivity index (χ0) is 20.9. The molecule has 154 valence electrons. The van der Waals surface area contributed by atoms with E-state index in [9.17, 15) is 9.50 Å². The van der Waals surface area contributed by atoms with Crippen LogP contribution in [0.5, 0.6) is 5.75 Å². The summed E-state index contributed by atoms with van der Waals surface area (Å²) < 4.78 is 37.9. The first-order valence-electron chi connectivity index (χ1n) is 8.93. The Morgan fingerprint density at radius 1 is 1.24 bits per heavy atom. The lowest BCUT2D eigenvalue weighted by molar-refractivity contribution is -0.238. The van der Waals surface area contributed by atoms with Crippen molar-refractivity contribution in [1.82, 2.24) is 4.57 Å². The number of rotatable bonds is 4. The number of aliphatic hydroxyl groups excluding tert-OH is 1. The lowest BCUT2D eigenvalue weighted by atomic mass is 9.84. The van der Waals surface area contributed by atoms with Crippen molar-refractivity contribution in [3.63, 3.8) is 0 Å². The topological polar surface area (TPSA) is 92.0 Å². The number of ether oxygens (including phenoxy) is 3. The molecule has 4 rings (SSSR count). The van der Waals surface area contributed by atoms with Gasteiger partial charge in [0.25, 0.3) is 4.84 Å². The van der Waals surface area contributed by atoms with E-state index >= 15 is 0 Å². The number of oxazole rings is 1. The molecule has 0 saturated carbocycles. The first-order chi connectivity index (χ1) is 13.8. The summed E-state index contributed by atoms with van der Waals surface area (Å²) in [6.07, 6.45) is -2.05. The number of anilines is 1. The van der Waals surface area contributed by atoms with Crippen LogP contribution in [-0.2, 0) is 9.47 Å². The summed E-state index contributed by atoms with van der Waals surface area (Å²) in [5.74, 6) is 0.0451. The van der Waals surface area contributed by atoms with Gasteiger partial charge >= 0.3 is 0 Å². The molecular weight excluding hydrogens is 399 g/mol. The second-order valence-electron chi connectivity index (χ2n) is 7.13. The molecule has 1 aromatic heterocycles. The maximum absolute atomic E-state index is 13.7. The smallest absolute Gasteiger partial charge is 0.270 e. The number of aromatic nitrogens is 1. The summed E-state index contributed by atoms with van der Waals surface area (Å²) in [5, 5.41) is 11.5. The Morgan fingerprint density at radius 3 is 2.66 bits per heavy atom. The van der Waals surface area contributed by atoms with Gasteiger partial charge in [0.05, 0.1) is 11.6 Å². The predicted molar refractivity (Wildman–Crippen MR) is 107 cm³/mol. The molecule has 0 bridgehead atoms. The van der Waals surface area contributed by atoms with Gasteiger partial charge in [0.15, 0.2) is 17.5 Å². The third-order valence-corrected chi connectivity index (χ3v) is 5.60. The van der Waals surface area contributed by atoms with Crippen molar-refractivity contribution in [1.29, 1.82) is 0 Å². The van der Waals surface area contributed by atoms with Crippen LogP contribution in [0.2, 0.25) is 0 Å². The second kappa shape index (κ2) is 7.10. The van der Waals surface area contributed by atoms with Gasteiger partial charge in [0, 0.05) is 31.5 Å². The van der Waals surface area contributed by atoms with E-state index in [1.807, 2.05) is 0 Å². The van der Waals surface area contributed by atoms with Gasteiger partial charge in [-0.15, -0.1) is 0 Å². The highest BCUT2D eigenvalue weighted by atomic mass is 32.1. The minimum Gasteiger partial charge on any atom is -0.479 e. The van der Waals surface area contributed by atoms with Gasteiger partial charge in [0.1, 0.15) is 17.7 Å². The highest BCUT2D eigenvalue weighted by Gasteiger charge is 2.53. The normalized spacial score (nSPS) is 23.9. The quantitative estimate of drug-likeness (QED) is 0.380. The van der Waals surface area contributed by atoms with Crippen molar-refractivity contribution in [2.24, 2.45) is 0 Å². The number of nitrogens with two attached hydrogens (primary N) is 1. The Balaban J connectivity index is 2.00. The van der Waals surface area contributed by atoms with E-state index in [1.165, 1.54) is 26.4 Å². The SMILES string of the molecule is COC(OC)[C@]1(C)Oc2ccc(N)cc2[C@H](n2c(=S)oc3cc(F)ccc32)[C@H]1O. The number of methoxy groups -OCH3 is 2. The van der Waals surface area contributed by atoms with Crippen LogP contribution in [0.25, 0.3) is 11.1 Å². The standard InChI is InChI=1S/C20H21FN2O5S/c1-20(18(25-2)26-3)17(24)16(12-9-11(22)5-7-14(12)28-20)23-13-6-4-10(21)8-15(13)27-19(23)29/h4-9,16-18,24H,22H2,1-3H3/t16-,17+,20+/m0/s1. The average Bonchev–Trinajstić information content (AvgIpc) is 2.99. The molecule has 0 aliphatic carbocycles. The summed E-state index contributed by atoms with van der Waals surface area (Å²) in [6.45, 7) is 1.69. The highest BCUT2D eigenvalue weighted by molar-refractivity contribution is 7.71. The minimum absolute atomic E-state index is 0.0821. The van der Waals surface area contributed by atoms with Crippen LogP contribution < -0.4 is 10.5 Å². The van der Waals surface area contributed by atoms with Gasteiger partial charge in [-0.25, -0.2) is 4.39 Å². The highest BCUT2D eigenvalue weighted by Crippen LogP contribution is 2.46.